The molecule has 0 bridgehead atoms. The second-order valence-corrected chi connectivity index (χ2v) is 3.93. The highest BCUT2D eigenvalue weighted by molar-refractivity contribution is 5.48. The molecule has 0 aliphatic rings. The van der Waals surface area contributed by atoms with Gasteiger partial charge in [-0.2, -0.15) is 0 Å². The van der Waals surface area contributed by atoms with Crippen molar-refractivity contribution in [1.29, 1.82) is 0 Å². The van der Waals surface area contributed by atoms with Crippen LogP contribution in [0.25, 0.3) is 12.2 Å². The molecule has 0 saturated carbocycles. The van der Waals surface area contributed by atoms with E-state index in [1.54, 1.807) is 7.11 Å². The molecule has 1 rings (SSSR count). The van der Waals surface area contributed by atoms with E-state index < -0.39 is 0 Å². The van der Waals surface area contributed by atoms with Crippen LogP contribution in [0.1, 0.15) is 52.5 Å². The topological polar surface area (TPSA) is 9.23 Å². The second-order valence-electron chi connectivity index (χ2n) is 3.93. The minimum Gasteiger partial charge on any atom is -0.495 e. The van der Waals surface area contributed by atoms with Crippen molar-refractivity contribution < 1.29 is 4.74 Å². The molecule has 0 fully saturated rings. The zero-order valence-corrected chi connectivity index (χ0v) is 12.9. The molecular weight excluding hydrogens is 232 g/mol. The van der Waals surface area contributed by atoms with E-state index >= 15 is 0 Å². The maximum absolute atomic E-state index is 5.49. The average molecular weight is 258 g/mol. The average Bonchev–Trinajstić information content (AvgIpc) is 2.47. The van der Waals surface area contributed by atoms with Gasteiger partial charge in [-0.05, 0) is 35.4 Å². The SMILES string of the molecule is C#Cc1cc(=C/CC)/c(=C/CCC)cc1OC.CC. The lowest BCUT2D eigenvalue weighted by atomic mass is 10.1. The summed E-state index contributed by atoms with van der Waals surface area (Å²) in [4.78, 5) is 0. The lowest BCUT2D eigenvalue weighted by Crippen LogP contribution is -2.25. The van der Waals surface area contributed by atoms with E-state index in [0.29, 0.717) is 0 Å². The van der Waals surface area contributed by atoms with Gasteiger partial charge in [-0.15, -0.1) is 6.42 Å². The van der Waals surface area contributed by atoms with Crippen molar-refractivity contribution in [2.45, 2.75) is 47.0 Å². The molecule has 0 unspecified atom stereocenters. The molecule has 0 atom stereocenters. The van der Waals surface area contributed by atoms with Crippen LogP contribution in [0, 0.1) is 12.3 Å². The van der Waals surface area contributed by atoms with E-state index in [1.807, 2.05) is 26.0 Å². The van der Waals surface area contributed by atoms with E-state index in [1.165, 1.54) is 10.4 Å². The van der Waals surface area contributed by atoms with E-state index in [9.17, 15) is 0 Å². The van der Waals surface area contributed by atoms with Crippen LogP contribution in [0.4, 0.5) is 0 Å². The Morgan fingerprint density at radius 2 is 1.79 bits per heavy atom. The van der Waals surface area contributed by atoms with Crippen LogP contribution >= 0.6 is 0 Å². The summed E-state index contributed by atoms with van der Waals surface area (Å²) in [5, 5.41) is 2.42. The molecule has 1 aromatic carbocycles. The maximum Gasteiger partial charge on any atom is 0.135 e. The maximum atomic E-state index is 5.49. The highest BCUT2D eigenvalue weighted by atomic mass is 16.5. The van der Waals surface area contributed by atoms with Crippen LogP contribution in [0.3, 0.4) is 0 Å². The van der Waals surface area contributed by atoms with E-state index in [-0.39, 0.29) is 0 Å². The minimum absolute atomic E-state index is 0.781. The zero-order valence-electron chi connectivity index (χ0n) is 12.9. The second kappa shape index (κ2) is 10.3. The zero-order chi connectivity index (χ0) is 14.7. The van der Waals surface area contributed by atoms with Crippen LogP contribution in [-0.2, 0) is 0 Å². The Morgan fingerprint density at radius 3 is 2.26 bits per heavy atom. The van der Waals surface area contributed by atoms with Crippen LogP contribution in [0.5, 0.6) is 5.75 Å². The Kier molecular flexibility index (Phi) is 9.35. The number of methoxy groups -OCH3 is 1. The third-order valence-corrected chi connectivity index (χ3v) is 2.64. The summed E-state index contributed by atoms with van der Waals surface area (Å²) in [7, 11) is 1.66. The number of hydrogen-bond donors (Lipinski definition) is 0. The lowest BCUT2D eigenvalue weighted by Gasteiger charge is -2.04. The van der Waals surface area contributed by atoms with Crippen molar-refractivity contribution in [2.75, 3.05) is 7.11 Å². The fourth-order valence-corrected chi connectivity index (χ4v) is 1.77. The van der Waals surface area contributed by atoms with Crippen LogP contribution in [-0.4, -0.2) is 7.11 Å². The monoisotopic (exact) mass is 258 g/mol. The highest BCUT2D eigenvalue weighted by Crippen LogP contribution is 2.11. The van der Waals surface area contributed by atoms with Crippen LogP contribution < -0.4 is 15.2 Å². The minimum atomic E-state index is 0.781. The first kappa shape index (κ1) is 17.3. The van der Waals surface area contributed by atoms with Crippen molar-refractivity contribution in [1.82, 2.24) is 0 Å². The Bertz CT molecular complexity index is 518. The van der Waals surface area contributed by atoms with Gasteiger partial charge in [-0.3, -0.25) is 0 Å². The molecule has 0 aromatic heterocycles. The smallest absolute Gasteiger partial charge is 0.135 e. The fraction of sp³-hybridized carbons (Fsp3) is 0.444. The standard InChI is InChI=1S/C16H20O.C2H6/c1-5-8-10-15-12-16(17-4)13(7-3)11-14(15)9-6-2;1-2/h3,9-12H,5-6,8H2,1-2,4H3;1-2H3/b14-9-,15-10+;. The molecule has 0 N–H and O–H groups in total. The van der Waals surface area contributed by atoms with Gasteiger partial charge in [0, 0.05) is 0 Å². The van der Waals surface area contributed by atoms with Crippen LogP contribution in [0.15, 0.2) is 12.1 Å². The molecule has 104 valence electrons. The summed E-state index contributed by atoms with van der Waals surface area (Å²) in [6, 6.07) is 4.07. The van der Waals surface area contributed by atoms with Gasteiger partial charge < -0.3 is 4.74 Å². The summed E-state index contributed by atoms with van der Waals surface area (Å²) in [5.74, 6) is 3.45. The first-order chi connectivity index (χ1) is 9.26. The molecule has 0 aliphatic carbocycles. The van der Waals surface area contributed by atoms with Crippen molar-refractivity contribution in [3.8, 4) is 18.1 Å². The quantitative estimate of drug-likeness (QED) is 0.751. The van der Waals surface area contributed by atoms with Gasteiger partial charge in [0.15, 0.2) is 0 Å². The van der Waals surface area contributed by atoms with E-state index in [4.69, 9.17) is 11.2 Å². The molecule has 0 spiro atoms. The summed E-state index contributed by atoms with van der Waals surface area (Å²) in [6.07, 6.45) is 13.1. The molecule has 19 heavy (non-hydrogen) atoms. The third kappa shape index (κ3) is 5.22. The summed E-state index contributed by atoms with van der Waals surface area (Å²) >= 11 is 0. The number of ether oxygens (including phenoxy) is 1. The summed E-state index contributed by atoms with van der Waals surface area (Å²) in [5.41, 5.74) is 0.820. The molecule has 1 nitrogen and oxygen atoms in total. The molecule has 0 heterocycles. The van der Waals surface area contributed by atoms with Gasteiger partial charge >= 0.3 is 0 Å². The van der Waals surface area contributed by atoms with Gasteiger partial charge in [0.25, 0.3) is 0 Å². The van der Waals surface area contributed by atoms with Crippen molar-refractivity contribution in [3.05, 3.63) is 28.1 Å². The fourth-order valence-electron chi connectivity index (χ4n) is 1.77. The number of hydrogen-bond acceptors (Lipinski definition) is 1. The van der Waals surface area contributed by atoms with E-state index in [2.05, 4.69) is 31.9 Å². The van der Waals surface area contributed by atoms with Crippen molar-refractivity contribution >= 4 is 12.2 Å². The summed E-state index contributed by atoms with van der Waals surface area (Å²) < 4.78 is 5.31. The molecule has 0 radical (unpaired) electrons. The first-order valence-electron chi connectivity index (χ1n) is 7.11. The van der Waals surface area contributed by atoms with Crippen LogP contribution in [0.2, 0.25) is 0 Å². The number of rotatable bonds is 4. The van der Waals surface area contributed by atoms with Crippen molar-refractivity contribution in [3.63, 3.8) is 0 Å². The Morgan fingerprint density at radius 1 is 1.16 bits per heavy atom. The third-order valence-electron chi connectivity index (χ3n) is 2.64. The Balaban J connectivity index is 0.00000154. The van der Waals surface area contributed by atoms with E-state index in [0.717, 1.165) is 30.6 Å². The largest absolute Gasteiger partial charge is 0.495 e. The molecule has 0 amide bonds. The van der Waals surface area contributed by atoms with Gasteiger partial charge in [0.05, 0.1) is 12.7 Å². The van der Waals surface area contributed by atoms with Gasteiger partial charge in [0.2, 0.25) is 0 Å². The predicted molar refractivity (Wildman–Crippen MR) is 85.7 cm³/mol. The summed E-state index contributed by atoms with van der Waals surface area (Å²) in [6.45, 7) is 8.30. The normalized spacial score (nSPS) is 11.6. The first-order valence-corrected chi connectivity index (χ1v) is 7.11. The highest BCUT2D eigenvalue weighted by Gasteiger charge is 2.00. The molecule has 1 aromatic rings. The number of benzene rings is 1. The molecule has 0 saturated heterocycles. The predicted octanol–water partition coefficient (Wildman–Crippen LogP) is 3.47. The van der Waals surface area contributed by atoms with Gasteiger partial charge in [-0.1, -0.05) is 52.2 Å². The van der Waals surface area contributed by atoms with Gasteiger partial charge in [0.1, 0.15) is 5.75 Å². The number of terminal acetylenes is 1. The van der Waals surface area contributed by atoms with Crippen molar-refractivity contribution in [2.24, 2.45) is 0 Å². The van der Waals surface area contributed by atoms with Gasteiger partial charge in [-0.25, -0.2) is 0 Å². The molecule has 1 heteroatoms. The lowest BCUT2D eigenvalue weighted by molar-refractivity contribution is 0.413. The molecule has 0 aliphatic heterocycles. The Labute approximate surface area is 118 Å². The Hall–Kier alpha value is -1.68. The number of unbranched alkanes of at least 4 members (excludes halogenated alkanes) is 1. The molecular formula is C18H26O.